The number of nitrogens with one attached hydrogen (secondary N) is 1. The number of aromatic nitrogens is 2. The number of rotatable bonds is 4. The predicted octanol–water partition coefficient (Wildman–Crippen LogP) is 2.93. The summed E-state index contributed by atoms with van der Waals surface area (Å²) < 4.78 is 5.45. The Hall–Kier alpha value is -1.98. The number of piperidine rings is 1. The van der Waals surface area contributed by atoms with Crippen LogP contribution in [0.4, 0.5) is 5.95 Å². The maximum absolute atomic E-state index is 5.45. The Morgan fingerprint density at radius 3 is 2.92 bits per heavy atom. The SMILES string of the molecule is Cc1ccccc1CN1CCC(Nc2ncc3c(n2)CCOC3)CC1. The zero-order chi connectivity index (χ0) is 17.1. The summed E-state index contributed by atoms with van der Waals surface area (Å²) in [4.78, 5) is 11.7. The van der Waals surface area contributed by atoms with E-state index in [1.807, 2.05) is 6.20 Å². The third-order valence-electron chi connectivity index (χ3n) is 5.27. The van der Waals surface area contributed by atoms with E-state index in [0.717, 1.165) is 62.7 Å². The lowest BCUT2D eigenvalue weighted by Crippen LogP contribution is -2.39. The first kappa shape index (κ1) is 16.5. The Morgan fingerprint density at radius 2 is 2.08 bits per heavy atom. The van der Waals surface area contributed by atoms with Crippen molar-refractivity contribution in [2.45, 2.75) is 45.4 Å². The van der Waals surface area contributed by atoms with Gasteiger partial charge in [0.05, 0.1) is 18.9 Å². The van der Waals surface area contributed by atoms with Gasteiger partial charge in [-0.3, -0.25) is 4.90 Å². The first-order chi connectivity index (χ1) is 12.3. The quantitative estimate of drug-likeness (QED) is 0.929. The molecule has 1 fully saturated rings. The minimum absolute atomic E-state index is 0.464. The van der Waals surface area contributed by atoms with E-state index in [2.05, 4.69) is 51.4 Å². The highest BCUT2D eigenvalue weighted by molar-refractivity contribution is 5.31. The van der Waals surface area contributed by atoms with Crippen molar-refractivity contribution in [1.82, 2.24) is 14.9 Å². The minimum atomic E-state index is 0.464. The number of hydrogen-bond donors (Lipinski definition) is 1. The number of aryl methyl sites for hydroxylation is 1. The van der Waals surface area contributed by atoms with Crippen molar-refractivity contribution in [2.75, 3.05) is 25.0 Å². The molecule has 0 radical (unpaired) electrons. The highest BCUT2D eigenvalue weighted by Gasteiger charge is 2.21. The van der Waals surface area contributed by atoms with Gasteiger partial charge in [-0.25, -0.2) is 9.97 Å². The Kier molecular flexibility index (Phi) is 4.95. The largest absolute Gasteiger partial charge is 0.376 e. The van der Waals surface area contributed by atoms with Crippen LogP contribution in [-0.4, -0.2) is 40.6 Å². The minimum Gasteiger partial charge on any atom is -0.376 e. The molecular formula is C20H26N4O. The molecular weight excluding hydrogens is 312 g/mol. The highest BCUT2D eigenvalue weighted by atomic mass is 16.5. The van der Waals surface area contributed by atoms with E-state index in [0.29, 0.717) is 12.6 Å². The Balaban J connectivity index is 1.31. The number of likely N-dealkylation sites (tertiary alicyclic amines) is 1. The van der Waals surface area contributed by atoms with Crippen LogP contribution in [0.15, 0.2) is 30.5 Å². The molecule has 3 heterocycles. The van der Waals surface area contributed by atoms with E-state index in [1.165, 1.54) is 11.1 Å². The molecule has 0 unspecified atom stereocenters. The van der Waals surface area contributed by atoms with Crippen molar-refractivity contribution in [1.29, 1.82) is 0 Å². The van der Waals surface area contributed by atoms with Crippen molar-refractivity contribution >= 4 is 5.95 Å². The molecule has 2 aliphatic rings. The van der Waals surface area contributed by atoms with Crippen molar-refractivity contribution in [3.05, 3.63) is 52.8 Å². The Morgan fingerprint density at radius 1 is 1.24 bits per heavy atom. The number of hydrogen-bond acceptors (Lipinski definition) is 5. The fourth-order valence-corrected chi connectivity index (χ4v) is 3.65. The number of anilines is 1. The lowest BCUT2D eigenvalue weighted by Gasteiger charge is -2.32. The van der Waals surface area contributed by atoms with Crippen LogP contribution in [0.5, 0.6) is 0 Å². The summed E-state index contributed by atoms with van der Waals surface area (Å²) in [6.45, 7) is 6.89. The maximum Gasteiger partial charge on any atom is 0.223 e. The molecule has 132 valence electrons. The summed E-state index contributed by atoms with van der Waals surface area (Å²) in [5, 5.41) is 3.54. The van der Waals surface area contributed by atoms with Gasteiger partial charge in [-0.1, -0.05) is 24.3 Å². The molecule has 1 aromatic carbocycles. The van der Waals surface area contributed by atoms with Crippen LogP contribution in [0.2, 0.25) is 0 Å². The smallest absolute Gasteiger partial charge is 0.223 e. The topological polar surface area (TPSA) is 50.3 Å². The first-order valence-corrected chi connectivity index (χ1v) is 9.24. The first-order valence-electron chi connectivity index (χ1n) is 9.24. The Bertz CT molecular complexity index is 725. The van der Waals surface area contributed by atoms with E-state index in [9.17, 15) is 0 Å². The number of nitrogens with zero attached hydrogens (tertiary/aromatic N) is 3. The molecule has 25 heavy (non-hydrogen) atoms. The van der Waals surface area contributed by atoms with E-state index >= 15 is 0 Å². The van der Waals surface area contributed by atoms with Crippen LogP contribution in [0.25, 0.3) is 0 Å². The monoisotopic (exact) mass is 338 g/mol. The van der Waals surface area contributed by atoms with Crippen LogP contribution < -0.4 is 5.32 Å². The van der Waals surface area contributed by atoms with Crippen molar-refractivity contribution in [2.24, 2.45) is 0 Å². The average Bonchev–Trinajstić information content (AvgIpc) is 2.65. The summed E-state index contributed by atoms with van der Waals surface area (Å²) >= 11 is 0. The fraction of sp³-hybridized carbons (Fsp3) is 0.500. The molecule has 2 aliphatic heterocycles. The molecule has 2 aromatic rings. The van der Waals surface area contributed by atoms with Gasteiger partial charge in [-0.15, -0.1) is 0 Å². The molecule has 1 saturated heterocycles. The van der Waals surface area contributed by atoms with Crippen molar-refractivity contribution < 1.29 is 4.74 Å². The molecule has 0 atom stereocenters. The van der Waals surface area contributed by atoms with Gasteiger partial charge in [0.15, 0.2) is 0 Å². The zero-order valence-corrected chi connectivity index (χ0v) is 14.9. The molecule has 0 aliphatic carbocycles. The van der Waals surface area contributed by atoms with Gasteiger partial charge < -0.3 is 10.1 Å². The zero-order valence-electron chi connectivity index (χ0n) is 14.9. The second-order valence-electron chi connectivity index (χ2n) is 7.09. The van der Waals surface area contributed by atoms with Gasteiger partial charge in [0.2, 0.25) is 5.95 Å². The number of benzene rings is 1. The van der Waals surface area contributed by atoms with Crippen molar-refractivity contribution in [3.63, 3.8) is 0 Å². The Labute approximate surface area is 149 Å². The molecule has 0 amide bonds. The molecule has 5 heteroatoms. The number of fused-ring (bicyclic) bond motifs is 1. The van der Waals surface area contributed by atoms with Crippen LogP contribution in [0.3, 0.4) is 0 Å². The molecule has 0 bridgehead atoms. The lowest BCUT2D eigenvalue weighted by molar-refractivity contribution is 0.109. The number of ether oxygens (including phenoxy) is 1. The standard InChI is InChI=1S/C20H26N4O/c1-15-4-2-3-5-16(15)13-24-9-6-18(7-10-24)22-20-21-12-17-14-25-11-8-19(17)23-20/h2-5,12,18H,6-11,13-14H2,1H3,(H,21,22,23). The third kappa shape index (κ3) is 3.99. The van der Waals surface area contributed by atoms with Crippen molar-refractivity contribution in [3.8, 4) is 0 Å². The van der Waals surface area contributed by atoms with E-state index in [4.69, 9.17) is 4.74 Å². The molecule has 0 spiro atoms. The van der Waals surface area contributed by atoms with Gasteiger partial charge in [-0.05, 0) is 30.9 Å². The van der Waals surface area contributed by atoms with Crippen LogP contribution in [-0.2, 0) is 24.3 Å². The molecule has 1 aromatic heterocycles. The third-order valence-corrected chi connectivity index (χ3v) is 5.27. The summed E-state index contributed by atoms with van der Waals surface area (Å²) in [6, 6.07) is 9.15. The van der Waals surface area contributed by atoms with Gasteiger partial charge >= 0.3 is 0 Å². The second kappa shape index (κ2) is 7.50. The molecule has 0 saturated carbocycles. The maximum atomic E-state index is 5.45. The summed E-state index contributed by atoms with van der Waals surface area (Å²) in [5.41, 5.74) is 5.09. The van der Waals surface area contributed by atoms with E-state index in [-0.39, 0.29) is 0 Å². The normalized spacial score (nSPS) is 18.8. The molecule has 1 N–H and O–H groups in total. The van der Waals surface area contributed by atoms with Crippen LogP contribution in [0, 0.1) is 6.92 Å². The lowest BCUT2D eigenvalue weighted by atomic mass is 10.0. The van der Waals surface area contributed by atoms with Crippen LogP contribution >= 0.6 is 0 Å². The van der Waals surface area contributed by atoms with Gasteiger partial charge in [0.1, 0.15) is 0 Å². The average molecular weight is 338 g/mol. The van der Waals surface area contributed by atoms with Gasteiger partial charge in [0.25, 0.3) is 0 Å². The second-order valence-corrected chi connectivity index (χ2v) is 7.09. The predicted molar refractivity (Wildman–Crippen MR) is 98.5 cm³/mol. The summed E-state index contributed by atoms with van der Waals surface area (Å²) in [5.74, 6) is 0.776. The van der Waals surface area contributed by atoms with E-state index in [1.54, 1.807) is 0 Å². The molecule has 4 rings (SSSR count). The summed E-state index contributed by atoms with van der Waals surface area (Å²) in [7, 11) is 0. The highest BCUT2D eigenvalue weighted by Crippen LogP contribution is 2.20. The van der Waals surface area contributed by atoms with Crippen LogP contribution in [0.1, 0.15) is 35.2 Å². The van der Waals surface area contributed by atoms with Gasteiger partial charge in [0, 0.05) is 43.9 Å². The van der Waals surface area contributed by atoms with E-state index < -0.39 is 0 Å². The van der Waals surface area contributed by atoms with Gasteiger partial charge in [-0.2, -0.15) is 0 Å². The molecule has 5 nitrogen and oxygen atoms in total. The summed E-state index contributed by atoms with van der Waals surface area (Å²) in [6.07, 6.45) is 5.07. The fourth-order valence-electron chi connectivity index (χ4n) is 3.65.